The van der Waals surface area contributed by atoms with Crippen molar-refractivity contribution in [3.8, 4) is 0 Å². The molecule has 0 aromatic heterocycles. The van der Waals surface area contributed by atoms with Crippen molar-refractivity contribution in [3.05, 3.63) is 0 Å². The summed E-state index contributed by atoms with van der Waals surface area (Å²) < 4.78 is 0. The Hall–Kier alpha value is -1.63. The maximum Gasteiger partial charge on any atom is 0.242 e. The quantitative estimate of drug-likeness (QED) is 0.478. The van der Waals surface area contributed by atoms with Gasteiger partial charge >= 0.3 is 0 Å². The molecule has 0 radical (unpaired) electrons. The van der Waals surface area contributed by atoms with Gasteiger partial charge in [0.25, 0.3) is 0 Å². The van der Waals surface area contributed by atoms with Crippen molar-refractivity contribution in [2.24, 2.45) is 17.8 Å². The van der Waals surface area contributed by atoms with Gasteiger partial charge in [0.2, 0.25) is 17.7 Å². The zero-order valence-corrected chi connectivity index (χ0v) is 22.6. The number of hydrogen-bond donors (Lipinski definition) is 3. The molecule has 1 fully saturated rings. The van der Waals surface area contributed by atoms with Crippen LogP contribution < -0.4 is 10.6 Å². The number of rotatable bonds is 7. The second-order valence-corrected chi connectivity index (χ2v) is 10.8. The molecule has 34 heavy (non-hydrogen) atoms. The summed E-state index contributed by atoms with van der Waals surface area (Å²) in [5, 5.41) is 17.0. The Bertz CT molecular complexity index is 627. The number of nitrogens with one attached hydrogen (secondary N) is 2. The molecule has 7 heteroatoms. The standard InChI is InChI=1S/C27H51N3O4/c1-7-8-16-28-26(33)21(4)18-24(31)23-17-20(3)13-11-9-10-12-19(2)14-15-25(32)30(6)22(5)27(34)29-23/h19-24,31H,7-18H2,1-6H3,(H,28,33)(H,29,34)/t19-,20+,21?,22-,23-,24?/m0/s1. The second kappa shape index (κ2) is 16.1. The van der Waals surface area contributed by atoms with Gasteiger partial charge in [0.1, 0.15) is 6.04 Å². The Morgan fingerprint density at radius 2 is 1.76 bits per heavy atom. The molecule has 3 amide bonds. The number of likely N-dealkylation sites (N-methyl/N-ethyl adjacent to an activating group) is 1. The van der Waals surface area contributed by atoms with Crippen LogP contribution in [-0.4, -0.2) is 59.5 Å². The molecule has 2 unspecified atom stereocenters. The van der Waals surface area contributed by atoms with Crippen molar-refractivity contribution < 1.29 is 19.5 Å². The lowest BCUT2D eigenvalue weighted by molar-refractivity contribution is -0.139. The molecular formula is C27H51N3O4. The lowest BCUT2D eigenvalue weighted by Gasteiger charge is -2.31. The summed E-state index contributed by atoms with van der Waals surface area (Å²) in [6.45, 7) is 10.6. The predicted molar refractivity (Wildman–Crippen MR) is 137 cm³/mol. The topological polar surface area (TPSA) is 98.7 Å². The van der Waals surface area contributed by atoms with Crippen molar-refractivity contribution in [2.75, 3.05) is 13.6 Å². The number of unbranched alkanes of at least 4 members (excludes halogenated alkanes) is 1. The smallest absolute Gasteiger partial charge is 0.242 e. The average Bonchev–Trinajstić information content (AvgIpc) is 2.80. The number of amides is 3. The van der Waals surface area contributed by atoms with E-state index in [1.165, 1.54) is 11.3 Å². The van der Waals surface area contributed by atoms with E-state index in [-0.39, 0.29) is 30.1 Å². The Morgan fingerprint density at radius 3 is 2.41 bits per heavy atom. The molecule has 0 saturated carbocycles. The van der Waals surface area contributed by atoms with Crippen LogP contribution in [0.25, 0.3) is 0 Å². The van der Waals surface area contributed by atoms with Gasteiger partial charge in [0.05, 0.1) is 12.1 Å². The molecule has 198 valence electrons. The van der Waals surface area contributed by atoms with Gasteiger partial charge in [-0.2, -0.15) is 0 Å². The van der Waals surface area contributed by atoms with Crippen LogP contribution in [0.4, 0.5) is 0 Å². The number of nitrogens with zero attached hydrogens (tertiary/aromatic N) is 1. The van der Waals surface area contributed by atoms with Crippen LogP contribution in [0, 0.1) is 17.8 Å². The summed E-state index contributed by atoms with van der Waals surface area (Å²) in [5.41, 5.74) is 0. The molecular weight excluding hydrogens is 430 g/mol. The Labute approximate surface area is 207 Å². The molecule has 7 nitrogen and oxygen atoms in total. The van der Waals surface area contributed by atoms with Crippen molar-refractivity contribution in [2.45, 2.75) is 123 Å². The first kappa shape index (κ1) is 30.4. The maximum absolute atomic E-state index is 13.0. The number of carbonyl (C=O) groups excluding carboxylic acids is 3. The highest BCUT2D eigenvalue weighted by molar-refractivity contribution is 5.87. The Kier molecular flexibility index (Phi) is 14.4. The lowest BCUT2D eigenvalue weighted by atomic mass is 9.88. The summed E-state index contributed by atoms with van der Waals surface area (Å²) in [6.07, 6.45) is 8.97. The SMILES string of the molecule is CCCCNC(=O)C(C)CC(O)[C@@H]1C[C@H](C)CCCCC[C@H](C)CCC(=O)N(C)[C@@H](C)C(=O)N1. The van der Waals surface area contributed by atoms with Crippen LogP contribution >= 0.6 is 0 Å². The van der Waals surface area contributed by atoms with Gasteiger partial charge in [0.15, 0.2) is 0 Å². The van der Waals surface area contributed by atoms with E-state index in [0.717, 1.165) is 44.9 Å². The molecule has 3 N–H and O–H groups in total. The fraction of sp³-hybridized carbons (Fsp3) is 0.889. The number of hydrogen-bond acceptors (Lipinski definition) is 4. The minimum absolute atomic E-state index is 0.0237. The van der Waals surface area contributed by atoms with E-state index >= 15 is 0 Å². The summed E-state index contributed by atoms with van der Waals surface area (Å²) in [4.78, 5) is 39.6. The minimum Gasteiger partial charge on any atom is -0.391 e. The molecule has 1 rings (SSSR count). The van der Waals surface area contributed by atoms with Crippen molar-refractivity contribution >= 4 is 17.7 Å². The van der Waals surface area contributed by atoms with Gasteiger partial charge in [-0.1, -0.05) is 66.2 Å². The van der Waals surface area contributed by atoms with E-state index in [1.807, 2.05) is 6.92 Å². The van der Waals surface area contributed by atoms with Crippen LogP contribution in [0.3, 0.4) is 0 Å². The number of aliphatic hydroxyl groups is 1. The van der Waals surface area contributed by atoms with E-state index < -0.39 is 18.2 Å². The highest BCUT2D eigenvalue weighted by atomic mass is 16.3. The monoisotopic (exact) mass is 481 g/mol. The first-order valence-corrected chi connectivity index (χ1v) is 13.6. The van der Waals surface area contributed by atoms with Crippen molar-refractivity contribution in [1.82, 2.24) is 15.5 Å². The normalized spacial score (nSPS) is 28.1. The van der Waals surface area contributed by atoms with E-state index in [1.54, 1.807) is 14.0 Å². The van der Waals surface area contributed by atoms with Crippen molar-refractivity contribution in [3.63, 3.8) is 0 Å². The molecule has 1 heterocycles. The molecule has 1 aliphatic rings. The molecule has 0 aromatic rings. The van der Waals surface area contributed by atoms with Crippen molar-refractivity contribution in [1.29, 1.82) is 0 Å². The zero-order valence-electron chi connectivity index (χ0n) is 22.6. The Morgan fingerprint density at radius 1 is 1.12 bits per heavy atom. The lowest BCUT2D eigenvalue weighted by Crippen LogP contribution is -2.52. The van der Waals surface area contributed by atoms with E-state index in [0.29, 0.717) is 31.2 Å². The molecule has 6 atom stereocenters. The summed E-state index contributed by atoms with van der Waals surface area (Å²) in [5.74, 6) is 0.161. The van der Waals surface area contributed by atoms with Crippen LogP contribution in [0.2, 0.25) is 0 Å². The highest BCUT2D eigenvalue weighted by Crippen LogP contribution is 2.22. The van der Waals surface area contributed by atoms with Crippen LogP contribution in [0.1, 0.15) is 105 Å². The predicted octanol–water partition coefficient (Wildman–Crippen LogP) is 4.03. The summed E-state index contributed by atoms with van der Waals surface area (Å²) >= 11 is 0. The zero-order chi connectivity index (χ0) is 25.7. The van der Waals surface area contributed by atoms with Crippen LogP contribution in [-0.2, 0) is 14.4 Å². The minimum atomic E-state index is -0.828. The molecule has 0 aromatic carbocycles. The van der Waals surface area contributed by atoms with Gasteiger partial charge in [-0.25, -0.2) is 0 Å². The van der Waals surface area contributed by atoms with Gasteiger partial charge in [-0.05, 0) is 44.4 Å². The first-order chi connectivity index (χ1) is 16.1. The number of carbonyl (C=O) groups is 3. The van der Waals surface area contributed by atoms with E-state index in [2.05, 4.69) is 31.4 Å². The van der Waals surface area contributed by atoms with Crippen LogP contribution in [0.5, 0.6) is 0 Å². The molecule has 0 spiro atoms. The largest absolute Gasteiger partial charge is 0.391 e. The third kappa shape index (κ3) is 11.2. The second-order valence-electron chi connectivity index (χ2n) is 10.8. The fourth-order valence-corrected chi connectivity index (χ4v) is 4.61. The van der Waals surface area contributed by atoms with Gasteiger partial charge in [-0.15, -0.1) is 0 Å². The number of aliphatic hydroxyl groups excluding tert-OH is 1. The van der Waals surface area contributed by atoms with E-state index in [4.69, 9.17) is 0 Å². The first-order valence-electron chi connectivity index (χ1n) is 13.6. The fourth-order valence-electron chi connectivity index (χ4n) is 4.61. The summed E-state index contributed by atoms with van der Waals surface area (Å²) in [6, 6.07) is -1.07. The average molecular weight is 482 g/mol. The van der Waals surface area contributed by atoms with Gasteiger partial charge < -0.3 is 20.6 Å². The van der Waals surface area contributed by atoms with Crippen LogP contribution in [0.15, 0.2) is 0 Å². The molecule has 0 bridgehead atoms. The van der Waals surface area contributed by atoms with Gasteiger partial charge in [-0.3, -0.25) is 14.4 Å². The molecule has 1 aliphatic heterocycles. The third-order valence-corrected chi connectivity index (χ3v) is 7.42. The highest BCUT2D eigenvalue weighted by Gasteiger charge is 2.30. The summed E-state index contributed by atoms with van der Waals surface area (Å²) in [7, 11) is 1.68. The van der Waals surface area contributed by atoms with E-state index in [9.17, 15) is 19.5 Å². The molecule has 0 aliphatic carbocycles. The van der Waals surface area contributed by atoms with Gasteiger partial charge in [0, 0.05) is 25.9 Å². The third-order valence-electron chi connectivity index (χ3n) is 7.42. The molecule has 1 saturated heterocycles. The Balaban J connectivity index is 2.89. The maximum atomic E-state index is 13.0.